The van der Waals surface area contributed by atoms with Crippen molar-refractivity contribution in [2.45, 2.75) is 6.61 Å². The van der Waals surface area contributed by atoms with Gasteiger partial charge in [0.25, 0.3) is 0 Å². The topological polar surface area (TPSA) is 50.9 Å². The molecule has 2 rings (SSSR count). The first kappa shape index (κ1) is 8.83. The van der Waals surface area contributed by atoms with E-state index >= 15 is 0 Å². The third-order valence-corrected chi connectivity index (χ3v) is 1.85. The number of aliphatic hydroxyl groups excluding tert-OH is 1. The molecule has 72 valence electrons. The lowest BCUT2D eigenvalue weighted by Crippen LogP contribution is -2.00. The summed E-state index contributed by atoms with van der Waals surface area (Å²) in [5, 5.41) is 16.2. The Kier molecular flexibility index (Phi) is 2.24. The first-order chi connectivity index (χ1) is 6.81. The highest BCUT2D eigenvalue weighted by atomic mass is 19.1. The standard InChI is InChI=1S/C9H8FN3O/c10-7-2-1-3-8(4-7)13-6-11-12-9(13)5-14/h1-4,6,14H,5H2. The van der Waals surface area contributed by atoms with Gasteiger partial charge in [0, 0.05) is 0 Å². The van der Waals surface area contributed by atoms with Crippen molar-refractivity contribution in [3.8, 4) is 5.69 Å². The van der Waals surface area contributed by atoms with E-state index < -0.39 is 0 Å². The predicted octanol–water partition coefficient (Wildman–Crippen LogP) is 0.899. The van der Waals surface area contributed by atoms with Crippen LogP contribution in [0.4, 0.5) is 4.39 Å². The molecule has 1 aromatic heterocycles. The van der Waals surface area contributed by atoms with Crippen LogP contribution in [0.3, 0.4) is 0 Å². The van der Waals surface area contributed by atoms with Crippen molar-refractivity contribution in [1.82, 2.24) is 14.8 Å². The maximum absolute atomic E-state index is 12.9. The Morgan fingerprint density at radius 3 is 3.00 bits per heavy atom. The van der Waals surface area contributed by atoms with E-state index in [1.807, 2.05) is 0 Å². The second kappa shape index (κ2) is 3.55. The molecule has 14 heavy (non-hydrogen) atoms. The van der Waals surface area contributed by atoms with Crippen LogP contribution >= 0.6 is 0 Å². The van der Waals surface area contributed by atoms with Gasteiger partial charge in [0.1, 0.15) is 18.8 Å². The van der Waals surface area contributed by atoms with Gasteiger partial charge >= 0.3 is 0 Å². The largest absolute Gasteiger partial charge is 0.388 e. The number of nitrogens with zero attached hydrogens (tertiary/aromatic N) is 3. The van der Waals surface area contributed by atoms with Crippen molar-refractivity contribution >= 4 is 0 Å². The van der Waals surface area contributed by atoms with E-state index in [1.54, 1.807) is 12.1 Å². The average Bonchev–Trinajstić information content (AvgIpc) is 2.65. The van der Waals surface area contributed by atoms with Crippen molar-refractivity contribution in [1.29, 1.82) is 0 Å². The number of aliphatic hydroxyl groups is 1. The summed E-state index contributed by atoms with van der Waals surface area (Å²) in [6.07, 6.45) is 1.43. The lowest BCUT2D eigenvalue weighted by atomic mass is 10.3. The minimum absolute atomic E-state index is 0.226. The molecule has 0 fully saturated rings. The molecule has 2 aromatic rings. The van der Waals surface area contributed by atoms with Gasteiger partial charge in [-0.3, -0.25) is 4.57 Å². The Morgan fingerprint density at radius 2 is 2.29 bits per heavy atom. The Balaban J connectivity index is 2.49. The summed E-state index contributed by atoms with van der Waals surface area (Å²) in [6, 6.07) is 6.01. The molecule has 1 N–H and O–H groups in total. The molecular formula is C9H8FN3O. The van der Waals surface area contributed by atoms with Crippen molar-refractivity contribution < 1.29 is 9.50 Å². The van der Waals surface area contributed by atoms with Crippen molar-refractivity contribution in [3.63, 3.8) is 0 Å². The van der Waals surface area contributed by atoms with E-state index in [4.69, 9.17) is 5.11 Å². The number of halogens is 1. The Morgan fingerprint density at radius 1 is 1.43 bits per heavy atom. The average molecular weight is 193 g/mol. The third-order valence-electron chi connectivity index (χ3n) is 1.85. The van der Waals surface area contributed by atoms with Crippen LogP contribution in [0.5, 0.6) is 0 Å². The van der Waals surface area contributed by atoms with Crippen LogP contribution in [0.15, 0.2) is 30.6 Å². The summed E-state index contributed by atoms with van der Waals surface area (Å²) in [7, 11) is 0. The number of hydrogen-bond donors (Lipinski definition) is 1. The first-order valence-electron chi connectivity index (χ1n) is 4.07. The molecule has 1 heterocycles. The maximum atomic E-state index is 12.9. The summed E-state index contributed by atoms with van der Waals surface area (Å²) >= 11 is 0. The van der Waals surface area contributed by atoms with E-state index in [-0.39, 0.29) is 12.4 Å². The smallest absolute Gasteiger partial charge is 0.163 e. The van der Waals surface area contributed by atoms with E-state index in [0.29, 0.717) is 11.5 Å². The lowest BCUT2D eigenvalue weighted by molar-refractivity contribution is 0.269. The molecule has 0 atom stereocenters. The number of rotatable bonds is 2. The van der Waals surface area contributed by atoms with Crippen LogP contribution < -0.4 is 0 Å². The second-order valence-electron chi connectivity index (χ2n) is 2.76. The molecule has 4 nitrogen and oxygen atoms in total. The summed E-state index contributed by atoms with van der Waals surface area (Å²) in [5.74, 6) is 0.0516. The van der Waals surface area contributed by atoms with Gasteiger partial charge in [-0.15, -0.1) is 10.2 Å². The van der Waals surface area contributed by atoms with Crippen LogP contribution in [0.2, 0.25) is 0 Å². The minimum atomic E-state index is -0.333. The van der Waals surface area contributed by atoms with Gasteiger partial charge in [-0.25, -0.2) is 4.39 Å². The monoisotopic (exact) mass is 193 g/mol. The third kappa shape index (κ3) is 1.49. The molecule has 0 bridgehead atoms. The van der Waals surface area contributed by atoms with Crippen molar-refractivity contribution in [2.24, 2.45) is 0 Å². The minimum Gasteiger partial charge on any atom is -0.388 e. The molecule has 0 radical (unpaired) electrons. The normalized spacial score (nSPS) is 10.4. The number of benzene rings is 1. The molecule has 0 saturated carbocycles. The molecule has 1 aromatic carbocycles. The number of aromatic nitrogens is 3. The van der Waals surface area contributed by atoms with Gasteiger partial charge in [-0.1, -0.05) is 6.07 Å². The molecule has 0 aliphatic heterocycles. The van der Waals surface area contributed by atoms with Gasteiger partial charge < -0.3 is 5.11 Å². The second-order valence-corrected chi connectivity index (χ2v) is 2.76. The fourth-order valence-corrected chi connectivity index (χ4v) is 1.21. The zero-order chi connectivity index (χ0) is 9.97. The molecule has 0 amide bonds. The number of hydrogen-bond acceptors (Lipinski definition) is 3. The summed E-state index contributed by atoms with van der Waals surface area (Å²) in [6.45, 7) is -0.226. The highest BCUT2D eigenvalue weighted by molar-refractivity contribution is 5.32. The van der Waals surface area contributed by atoms with E-state index in [0.717, 1.165) is 0 Å². The van der Waals surface area contributed by atoms with Gasteiger partial charge in [0.2, 0.25) is 0 Å². The summed E-state index contributed by atoms with van der Waals surface area (Å²) in [5.41, 5.74) is 0.596. The van der Waals surface area contributed by atoms with Gasteiger partial charge in [-0.05, 0) is 18.2 Å². The Labute approximate surface area is 79.6 Å². The maximum Gasteiger partial charge on any atom is 0.163 e. The fraction of sp³-hybridized carbons (Fsp3) is 0.111. The molecule has 5 heteroatoms. The highest BCUT2D eigenvalue weighted by Crippen LogP contribution is 2.10. The van der Waals surface area contributed by atoms with Crippen LogP contribution in [0.1, 0.15) is 5.82 Å². The van der Waals surface area contributed by atoms with Gasteiger partial charge in [0.15, 0.2) is 5.82 Å². The molecule has 0 spiro atoms. The SMILES string of the molecule is OCc1nncn1-c1cccc(F)c1. The molecule has 0 aliphatic rings. The zero-order valence-corrected chi connectivity index (χ0v) is 7.26. The molecule has 0 aliphatic carbocycles. The fourth-order valence-electron chi connectivity index (χ4n) is 1.21. The molecular weight excluding hydrogens is 185 g/mol. The van der Waals surface area contributed by atoms with E-state index in [2.05, 4.69) is 10.2 Å². The zero-order valence-electron chi connectivity index (χ0n) is 7.26. The van der Waals surface area contributed by atoms with Crippen LogP contribution in [-0.2, 0) is 6.61 Å². The first-order valence-corrected chi connectivity index (χ1v) is 4.07. The van der Waals surface area contributed by atoms with Crippen molar-refractivity contribution in [2.75, 3.05) is 0 Å². The van der Waals surface area contributed by atoms with Crippen LogP contribution in [0, 0.1) is 5.82 Å². The highest BCUT2D eigenvalue weighted by Gasteiger charge is 2.04. The van der Waals surface area contributed by atoms with Gasteiger partial charge in [0.05, 0.1) is 5.69 Å². The summed E-state index contributed by atoms with van der Waals surface area (Å²) < 4.78 is 14.4. The predicted molar refractivity (Wildman–Crippen MR) is 47.2 cm³/mol. The quantitative estimate of drug-likeness (QED) is 0.770. The van der Waals surface area contributed by atoms with Crippen LogP contribution in [-0.4, -0.2) is 19.9 Å². The Hall–Kier alpha value is -1.75. The Bertz CT molecular complexity index is 441. The van der Waals surface area contributed by atoms with E-state index in [1.165, 1.54) is 23.0 Å². The summed E-state index contributed by atoms with van der Waals surface area (Å²) in [4.78, 5) is 0. The van der Waals surface area contributed by atoms with Crippen molar-refractivity contribution in [3.05, 3.63) is 42.2 Å². The lowest BCUT2D eigenvalue weighted by Gasteiger charge is -2.03. The van der Waals surface area contributed by atoms with Crippen LogP contribution in [0.25, 0.3) is 5.69 Å². The molecule has 0 saturated heterocycles. The molecule has 0 unspecified atom stereocenters. The van der Waals surface area contributed by atoms with Gasteiger partial charge in [-0.2, -0.15) is 0 Å². The van der Waals surface area contributed by atoms with E-state index in [9.17, 15) is 4.39 Å².